The van der Waals surface area contributed by atoms with Crippen LogP contribution in [0, 0.1) is 5.92 Å². The Morgan fingerprint density at radius 2 is 1.54 bits per heavy atom. The van der Waals surface area contributed by atoms with E-state index in [1.54, 1.807) is 60.9 Å². The summed E-state index contributed by atoms with van der Waals surface area (Å²) < 4.78 is 12.7. The summed E-state index contributed by atoms with van der Waals surface area (Å²) in [5, 5.41) is 5.44. The van der Waals surface area contributed by atoms with E-state index in [-0.39, 0.29) is 61.5 Å². The smallest absolute Gasteiger partial charge is 0.250 e. The van der Waals surface area contributed by atoms with Gasteiger partial charge >= 0.3 is 0 Å². The fourth-order valence-electron chi connectivity index (χ4n) is 5.76. The number of carbonyl (C=O) groups excluding carboxylic acids is 4. The first-order chi connectivity index (χ1) is 24.0. The second-order valence-electron chi connectivity index (χ2n) is 12.9. The number of hydrogen-bond donors (Lipinski definition) is 3. The first kappa shape index (κ1) is 41.7. The van der Waals surface area contributed by atoms with Crippen molar-refractivity contribution in [2.75, 3.05) is 32.1 Å². The summed E-state index contributed by atoms with van der Waals surface area (Å²) >= 11 is 0. The van der Waals surface area contributed by atoms with Gasteiger partial charge in [-0.05, 0) is 62.1 Å². The fourth-order valence-corrected chi connectivity index (χ4v) is 5.76. The van der Waals surface area contributed by atoms with Crippen LogP contribution in [-0.2, 0) is 25.7 Å². The number of aromatic nitrogens is 2. The Hall–Kier alpha value is -4.75. The summed E-state index contributed by atoms with van der Waals surface area (Å²) in [6.45, 7) is 4.08. The summed E-state index contributed by atoms with van der Waals surface area (Å²) in [5.41, 5.74) is 7.05. The molecule has 0 radical (unpaired) electrons. The maximum absolute atomic E-state index is 14.1. The number of ether oxygens (including phenoxy) is 2. The van der Waals surface area contributed by atoms with Crippen molar-refractivity contribution in [1.29, 1.82) is 0 Å². The molecule has 1 aliphatic heterocycles. The number of benzene rings is 3. The van der Waals surface area contributed by atoms with E-state index < -0.39 is 29.4 Å². The summed E-state index contributed by atoms with van der Waals surface area (Å²) in [5.74, 6) is -0.459. The predicted octanol–water partition coefficient (Wildman–Crippen LogP) is 4.82. The van der Waals surface area contributed by atoms with E-state index in [4.69, 9.17) is 15.2 Å². The first-order valence-electron chi connectivity index (χ1n) is 16.6. The molecule has 3 aromatic carbocycles. The van der Waals surface area contributed by atoms with Crippen LogP contribution in [0.15, 0.2) is 97.5 Å². The molecule has 1 fully saturated rings. The molecule has 1 saturated heterocycles. The second kappa shape index (κ2) is 19.2. The monoisotopic (exact) mass is 752 g/mol. The Labute approximate surface area is 316 Å². The zero-order valence-electron chi connectivity index (χ0n) is 29.4. The number of rotatable bonds is 14. The van der Waals surface area contributed by atoms with E-state index in [1.807, 2.05) is 60.7 Å². The van der Waals surface area contributed by atoms with Gasteiger partial charge in [0.15, 0.2) is 11.6 Å². The molecule has 3 amide bonds. The second-order valence-corrected chi connectivity index (χ2v) is 12.9. The number of nitrogens with two attached hydrogens (primary N) is 1. The van der Waals surface area contributed by atoms with Crippen molar-refractivity contribution in [2.45, 2.75) is 50.9 Å². The average Bonchev–Trinajstić information content (AvgIpc) is 3.59. The van der Waals surface area contributed by atoms with Gasteiger partial charge in [-0.1, -0.05) is 60.7 Å². The van der Waals surface area contributed by atoms with Gasteiger partial charge in [-0.3, -0.25) is 19.2 Å². The molecule has 4 aromatic rings. The number of anilines is 1. The maximum atomic E-state index is 14.1. The van der Waals surface area contributed by atoms with Gasteiger partial charge in [0.25, 0.3) is 5.91 Å². The molecule has 1 unspecified atom stereocenters. The van der Waals surface area contributed by atoms with Crippen molar-refractivity contribution in [1.82, 2.24) is 19.8 Å². The molecular formula is C38H46Cl2N6O6. The van der Waals surface area contributed by atoms with Gasteiger partial charge < -0.3 is 35.3 Å². The van der Waals surface area contributed by atoms with Crippen LogP contribution in [-0.4, -0.2) is 76.3 Å². The van der Waals surface area contributed by atoms with E-state index >= 15 is 0 Å². The number of carbonyl (C=O) groups is 4. The van der Waals surface area contributed by atoms with Crippen LogP contribution in [0.5, 0.6) is 5.75 Å². The standard InChI is InChI=1S/C38H44N6O6.2ClH/c1-38(2,39)37(48)41-31(24-50-23-26-10-6-4-7-11-26)35(46)42-32-22-44(25-40-32)33(27-12-8-5-9-13-27)36(47)43-20-18-29(19-21-43)34(45)28-14-16-30(49-3)17-15-28;;/h4-17,22,25,29,31,33H,18-21,23-24,39H2,1-3H3,(H,41,48)(H,42,46);2*1H/t31-,33?;;/m1../s1. The Morgan fingerprint density at radius 1 is 0.923 bits per heavy atom. The normalized spacial score (nSPS) is 14.2. The van der Waals surface area contributed by atoms with Gasteiger partial charge in [-0.15, -0.1) is 24.8 Å². The first-order valence-corrected chi connectivity index (χ1v) is 16.6. The molecule has 278 valence electrons. The molecule has 12 nitrogen and oxygen atoms in total. The minimum Gasteiger partial charge on any atom is -0.497 e. The van der Waals surface area contributed by atoms with Crippen molar-refractivity contribution < 1.29 is 28.7 Å². The van der Waals surface area contributed by atoms with Crippen LogP contribution in [0.3, 0.4) is 0 Å². The van der Waals surface area contributed by atoms with Gasteiger partial charge in [-0.25, -0.2) is 4.98 Å². The zero-order chi connectivity index (χ0) is 35.7. The van der Waals surface area contributed by atoms with E-state index in [0.717, 1.165) is 11.1 Å². The lowest BCUT2D eigenvalue weighted by Gasteiger charge is -2.34. The topological polar surface area (TPSA) is 158 Å². The number of piperidine rings is 1. The van der Waals surface area contributed by atoms with Gasteiger partial charge in [0.1, 0.15) is 17.8 Å². The number of imidazole rings is 1. The molecule has 1 aromatic heterocycles. The quantitative estimate of drug-likeness (QED) is 0.155. The molecule has 52 heavy (non-hydrogen) atoms. The summed E-state index contributed by atoms with van der Waals surface area (Å²) in [6.07, 6.45) is 4.17. The molecule has 0 bridgehead atoms. The van der Waals surface area contributed by atoms with Crippen LogP contribution in [0.4, 0.5) is 5.82 Å². The summed E-state index contributed by atoms with van der Waals surface area (Å²) in [7, 11) is 1.58. The van der Waals surface area contributed by atoms with Crippen molar-refractivity contribution in [3.05, 3.63) is 114 Å². The largest absolute Gasteiger partial charge is 0.497 e. The number of Topliss-reactive ketones (excluding diaryl/α,β-unsaturated/α-hetero) is 1. The number of nitrogens with one attached hydrogen (secondary N) is 2. The number of ketones is 1. The lowest BCUT2D eigenvalue weighted by molar-refractivity contribution is -0.134. The van der Waals surface area contributed by atoms with Crippen LogP contribution in [0.2, 0.25) is 0 Å². The molecule has 5 rings (SSSR count). The predicted molar refractivity (Wildman–Crippen MR) is 203 cm³/mol. The Balaban J connectivity index is 0.00000364. The SMILES string of the molecule is COc1ccc(C(=O)C2CCN(C(=O)C(c3ccccc3)n3cnc(NC(=O)[C@@H](COCc4ccccc4)NC(=O)C(C)(C)N)c3)CC2)cc1.Cl.Cl. The number of methoxy groups -OCH3 is 1. The van der Waals surface area contributed by atoms with E-state index in [0.29, 0.717) is 37.2 Å². The van der Waals surface area contributed by atoms with Crippen LogP contribution >= 0.6 is 24.8 Å². The van der Waals surface area contributed by atoms with Crippen molar-refractivity contribution in [3.8, 4) is 5.75 Å². The molecule has 0 aliphatic carbocycles. The van der Waals surface area contributed by atoms with Crippen molar-refractivity contribution in [2.24, 2.45) is 11.7 Å². The third kappa shape index (κ3) is 10.9. The number of halogens is 2. The maximum Gasteiger partial charge on any atom is 0.250 e. The molecule has 0 spiro atoms. The molecule has 2 atom stereocenters. The van der Waals surface area contributed by atoms with Crippen LogP contribution in [0.1, 0.15) is 54.2 Å². The molecule has 4 N–H and O–H groups in total. The highest BCUT2D eigenvalue weighted by Gasteiger charge is 2.34. The molecular weight excluding hydrogens is 707 g/mol. The van der Waals surface area contributed by atoms with Gasteiger partial charge in [0.2, 0.25) is 11.8 Å². The molecule has 2 heterocycles. The van der Waals surface area contributed by atoms with Crippen molar-refractivity contribution in [3.63, 3.8) is 0 Å². The minimum absolute atomic E-state index is 0. The lowest BCUT2D eigenvalue weighted by atomic mass is 9.88. The number of amides is 3. The third-order valence-corrected chi connectivity index (χ3v) is 8.66. The molecule has 0 saturated carbocycles. The van der Waals surface area contributed by atoms with Crippen LogP contribution in [0.25, 0.3) is 0 Å². The van der Waals surface area contributed by atoms with Gasteiger partial charge in [-0.2, -0.15) is 0 Å². The Morgan fingerprint density at radius 3 is 2.13 bits per heavy atom. The minimum atomic E-state index is -1.22. The zero-order valence-corrected chi connectivity index (χ0v) is 31.0. The molecule has 1 aliphatic rings. The van der Waals surface area contributed by atoms with Crippen LogP contribution < -0.4 is 21.1 Å². The highest BCUT2D eigenvalue weighted by molar-refractivity contribution is 5.99. The van der Waals surface area contributed by atoms with Gasteiger partial charge in [0, 0.05) is 30.8 Å². The number of hydrogen-bond acceptors (Lipinski definition) is 8. The molecule has 14 heteroatoms. The highest BCUT2D eigenvalue weighted by Crippen LogP contribution is 2.28. The van der Waals surface area contributed by atoms with E-state index in [9.17, 15) is 19.2 Å². The Kier molecular flexibility index (Phi) is 15.4. The fraction of sp³-hybridized carbons (Fsp3) is 0.342. The van der Waals surface area contributed by atoms with Gasteiger partial charge in [0.05, 0.1) is 32.2 Å². The van der Waals surface area contributed by atoms with Crippen molar-refractivity contribution >= 4 is 54.1 Å². The third-order valence-electron chi connectivity index (χ3n) is 8.66. The summed E-state index contributed by atoms with van der Waals surface area (Å²) in [6, 6.07) is 24.1. The lowest BCUT2D eigenvalue weighted by Crippen LogP contribution is -2.56. The summed E-state index contributed by atoms with van der Waals surface area (Å²) in [4.78, 5) is 59.7. The average molecular weight is 754 g/mol. The highest BCUT2D eigenvalue weighted by atomic mass is 35.5. The van der Waals surface area contributed by atoms with E-state index in [2.05, 4.69) is 15.6 Å². The van der Waals surface area contributed by atoms with E-state index in [1.165, 1.54) is 6.33 Å². The number of nitrogens with zero attached hydrogens (tertiary/aromatic N) is 3. The number of likely N-dealkylation sites (tertiary alicyclic amines) is 1. The Bertz CT molecular complexity index is 1760.